The molecule has 3 unspecified atom stereocenters. The fourth-order valence-corrected chi connectivity index (χ4v) is 2.53. The molecule has 3 N–H and O–H groups in total. The number of carbonyl (C=O) groups is 3. The zero-order valence-corrected chi connectivity index (χ0v) is 17.3. The van der Waals surface area contributed by atoms with Gasteiger partial charge in [-0.05, 0) is 42.9 Å². The van der Waals surface area contributed by atoms with Crippen LogP contribution in [0.5, 0.6) is 0 Å². The molecule has 0 aliphatic heterocycles. The Bertz CT molecular complexity index is 674. The number of hydrogen-bond donors (Lipinski definition) is 3. The van der Waals surface area contributed by atoms with Crippen LogP contribution in [-0.2, 0) is 15.0 Å². The highest BCUT2D eigenvalue weighted by Gasteiger charge is 2.28. The van der Waals surface area contributed by atoms with E-state index in [2.05, 4.69) is 31.4 Å². The maximum Gasteiger partial charge on any atom is 0.308 e. The Morgan fingerprint density at radius 2 is 1.44 bits per heavy atom. The summed E-state index contributed by atoms with van der Waals surface area (Å²) < 4.78 is 0. The van der Waals surface area contributed by atoms with Gasteiger partial charge in [0.05, 0.1) is 5.92 Å². The van der Waals surface area contributed by atoms with E-state index in [4.69, 9.17) is 5.11 Å². The molecule has 0 fully saturated rings. The van der Waals surface area contributed by atoms with E-state index < -0.39 is 24.0 Å². The van der Waals surface area contributed by atoms with Crippen LogP contribution >= 0.6 is 0 Å². The van der Waals surface area contributed by atoms with Crippen molar-refractivity contribution in [1.82, 2.24) is 10.6 Å². The van der Waals surface area contributed by atoms with E-state index in [0.29, 0.717) is 5.56 Å². The van der Waals surface area contributed by atoms with Crippen LogP contribution in [0.25, 0.3) is 0 Å². The smallest absolute Gasteiger partial charge is 0.308 e. The summed E-state index contributed by atoms with van der Waals surface area (Å²) in [6.07, 6.45) is 0. The van der Waals surface area contributed by atoms with Crippen molar-refractivity contribution in [2.24, 2.45) is 11.8 Å². The summed E-state index contributed by atoms with van der Waals surface area (Å²) in [6.45, 7) is 13.1. The van der Waals surface area contributed by atoms with Gasteiger partial charge in [0.2, 0.25) is 5.91 Å². The first-order valence-corrected chi connectivity index (χ1v) is 9.29. The standard InChI is InChI=1S/C21H32N2O4/c1-12(2)17(19(25)22-14(4)13(3)20(26)27)23-18(24)15-8-10-16(11-9-15)21(5,6)7/h8-14,17H,1-7H3,(H,22,25)(H,23,24)(H,26,27). The van der Waals surface area contributed by atoms with Crippen molar-refractivity contribution < 1.29 is 19.5 Å². The third kappa shape index (κ3) is 6.38. The van der Waals surface area contributed by atoms with Crippen LogP contribution in [0.1, 0.15) is 64.4 Å². The molecule has 0 spiro atoms. The molecule has 0 aliphatic rings. The Kier molecular flexibility index (Phi) is 7.57. The van der Waals surface area contributed by atoms with Crippen molar-refractivity contribution in [2.75, 3.05) is 0 Å². The topological polar surface area (TPSA) is 95.5 Å². The van der Waals surface area contributed by atoms with Crippen molar-refractivity contribution >= 4 is 17.8 Å². The number of hydrogen-bond acceptors (Lipinski definition) is 3. The SMILES string of the molecule is CC(C)C(NC(=O)c1ccc(C(C)(C)C)cc1)C(=O)NC(C)C(C)C(=O)O. The van der Waals surface area contributed by atoms with Crippen LogP contribution in [0.15, 0.2) is 24.3 Å². The molecule has 0 saturated heterocycles. The number of carboxylic acids is 1. The molecule has 0 saturated carbocycles. The van der Waals surface area contributed by atoms with Gasteiger partial charge < -0.3 is 15.7 Å². The Balaban J connectivity index is 2.85. The van der Waals surface area contributed by atoms with Crippen molar-refractivity contribution in [3.63, 3.8) is 0 Å². The lowest BCUT2D eigenvalue weighted by Gasteiger charge is -2.25. The van der Waals surface area contributed by atoms with Crippen LogP contribution in [-0.4, -0.2) is 35.0 Å². The van der Waals surface area contributed by atoms with Crippen molar-refractivity contribution in [3.05, 3.63) is 35.4 Å². The zero-order valence-electron chi connectivity index (χ0n) is 17.3. The molecule has 1 rings (SSSR count). The fourth-order valence-electron chi connectivity index (χ4n) is 2.53. The molecule has 150 valence electrons. The first-order chi connectivity index (χ1) is 12.3. The fraction of sp³-hybridized carbons (Fsp3) is 0.571. The second-order valence-electron chi connectivity index (χ2n) is 8.45. The minimum absolute atomic E-state index is 0.00761. The van der Waals surface area contributed by atoms with Gasteiger partial charge in [-0.1, -0.05) is 46.8 Å². The highest BCUT2D eigenvalue weighted by atomic mass is 16.4. The summed E-state index contributed by atoms with van der Waals surface area (Å²) in [7, 11) is 0. The van der Waals surface area contributed by atoms with Crippen molar-refractivity contribution in [2.45, 2.75) is 66.0 Å². The van der Waals surface area contributed by atoms with E-state index in [1.165, 1.54) is 6.92 Å². The molecule has 0 heterocycles. The van der Waals surface area contributed by atoms with E-state index >= 15 is 0 Å². The zero-order chi connectivity index (χ0) is 20.9. The molecule has 6 nitrogen and oxygen atoms in total. The van der Waals surface area contributed by atoms with Gasteiger partial charge in [-0.15, -0.1) is 0 Å². The highest BCUT2D eigenvalue weighted by molar-refractivity contribution is 5.97. The summed E-state index contributed by atoms with van der Waals surface area (Å²) in [6, 6.07) is 6.04. The van der Waals surface area contributed by atoms with Gasteiger partial charge >= 0.3 is 5.97 Å². The Hall–Kier alpha value is -2.37. The molecule has 0 aromatic heterocycles. The number of carbonyl (C=O) groups excluding carboxylic acids is 2. The monoisotopic (exact) mass is 376 g/mol. The third-order valence-corrected chi connectivity index (χ3v) is 4.76. The quantitative estimate of drug-likeness (QED) is 0.682. The van der Waals surface area contributed by atoms with Crippen LogP contribution < -0.4 is 10.6 Å². The number of benzene rings is 1. The van der Waals surface area contributed by atoms with E-state index in [1.54, 1.807) is 19.1 Å². The van der Waals surface area contributed by atoms with Gasteiger partial charge in [-0.3, -0.25) is 14.4 Å². The predicted octanol–water partition coefficient (Wildman–Crippen LogP) is 2.96. The average molecular weight is 376 g/mol. The minimum atomic E-state index is -0.980. The van der Waals surface area contributed by atoms with Gasteiger partial charge in [-0.2, -0.15) is 0 Å². The van der Waals surface area contributed by atoms with Crippen LogP contribution in [0, 0.1) is 11.8 Å². The Labute approximate surface area is 161 Å². The largest absolute Gasteiger partial charge is 0.481 e. The van der Waals surface area contributed by atoms with Gasteiger partial charge in [-0.25, -0.2) is 0 Å². The predicted molar refractivity (Wildman–Crippen MR) is 106 cm³/mol. The van der Waals surface area contributed by atoms with Crippen molar-refractivity contribution in [1.29, 1.82) is 0 Å². The lowest BCUT2D eigenvalue weighted by atomic mass is 9.86. The third-order valence-electron chi connectivity index (χ3n) is 4.76. The lowest BCUT2D eigenvalue weighted by Crippen LogP contribution is -2.53. The molecule has 0 radical (unpaired) electrons. The molecule has 6 heteroatoms. The number of nitrogens with one attached hydrogen (secondary N) is 2. The lowest BCUT2D eigenvalue weighted by molar-refractivity contribution is -0.142. The molecule has 2 amide bonds. The normalized spacial score (nSPS) is 15.0. The molecular weight excluding hydrogens is 344 g/mol. The molecule has 1 aromatic rings. The number of amides is 2. The first-order valence-electron chi connectivity index (χ1n) is 9.29. The molecule has 3 atom stereocenters. The van der Waals surface area contributed by atoms with E-state index in [-0.39, 0.29) is 23.1 Å². The Morgan fingerprint density at radius 1 is 0.926 bits per heavy atom. The van der Waals surface area contributed by atoms with Crippen LogP contribution in [0.3, 0.4) is 0 Å². The number of rotatable bonds is 7. The molecular formula is C21H32N2O4. The van der Waals surface area contributed by atoms with Crippen LogP contribution in [0.2, 0.25) is 0 Å². The minimum Gasteiger partial charge on any atom is -0.481 e. The highest BCUT2D eigenvalue weighted by Crippen LogP contribution is 2.22. The van der Waals surface area contributed by atoms with Crippen LogP contribution in [0.4, 0.5) is 0 Å². The van der Waals surface area contributed by atoms with Gasteiger partial charge in [0, 0.05) is 11.6 Å². The summed E-state index contributed by atoms with van der Waals surface area (Å²) >= 11 is 0. The van der Waals surface area contributed by atoms with Gasteiger partial charge in [0.15, 0.2) is 0 Å². The van der Waals surface area contributed by atoms with Gasteiger partial charge in [0.25, 0.3) is 5.91 Å². The summed E-state index contributed by atoms with van der Waals surface area (Å²) in [5.41, 5.74) is 1.59. The number of aliphatic carboxylic acids is 1. The van der Waals surface area contributed by atoms with E-state index in [0.717, 1.165) is 5.56 Å². The Morgan fingerprint density at radius 3 is 1.85 bits per heavy atom. The number of carboxylic acid groups (broad SMARTS) is 1. The molecule has 27 heavy (non-hydrogen) atoms. The average Bonchev–Trinajstić information content (AvgIpc) is 2.57. The van der Waals surface area contributed by atoms with E-state index in [1.807, 2.05) is 26.0 Å². The molecule has 1 aromatic carbocycles. The molecule has 0 bridgehead atoms. The maximum absolute atomic E-state index is 12.6. The van der Waals surface area contributed by atoms with E-state index in [9.17, 15) is 14.4 Å². The van der Waals surface area contributed by atoms with Gasteiger partial charge in [0.1, 0.15) is 6.04 Å². The second kappa shape index (κ2) is 9.02. The maximum atomic E-state index is 12.6. The molecule has 0 aliphatic carbocycles. The summed E-state index contributed by atoms with van der Waals surface area (Å²) in [5.74, 6) is -2.56. The second-order valence-corrected chi connectivity index (χ2v) is 8.45. The van der Waals surface area contributed by atoms with Crippen molar-refractivity contribution in [3.8, 4) is 0 Å². The first kappa shape index (κ1) is 22.7. The summed E-state index contributed by atoms with van der Waals surface area (Å²) in [5, 5.41) is 14.5. The summed E-state index contributed by atoms with van der Waals surface area (Å²) in [4.78, 5) is 36.2.